The summed E-state index contributed by atoms with van der Waals surface area (Å²) in [6.45, 7) is 0.315. The molecule has 20 heteroatoms. The number of amides is 1. The van der Waals surface area contributed by atoms with Crippen molar-refractivity contribution in [2.75, 3.05) is 32.0 Å². The normalized spacial score (nSPS) is 12.5. The number of nitrogens with one attached hydrogen (secondary N) is 1. The van der Waals surface area contributed by atoms with Crippen LogP contribution in [0.5, 0.6) is 5.75 Å². The summed E-state index contributed by atoms with van der Waals surface area (Å²) >= 11 is 0. The Morgan fingerprint density at radius 3 is 1.95 bits per heavy atom. The van der Waals surface area contributed by atoms with Crippen LogP contribution in [0.25, 0.3) is 33.4 Å². The number of benzene rings is 5. The minimum absolute atomic E-state index is 0.0360. The quantitative estimate of drug-likeness (QED) is 0.0404. The molecule has 4 aromatic carbocycles. The van der Waals surface area contributed by atoms with Crippen LogP contribution in [-0.4, -0.2) is 92.6 Å². The van der Waals surface area contributed by atoms with Gasteiger partial charge in [0.15, 0.2) is 0 Å². The number of carbonyl (C=O) groups excluding carboxylic acids is 1. The van der Waals surface area contributed by atoms with Crippen molar-refractivity contribution in [3.05, 3.63) is 119 Å². The van der Waals surface area contributed by atoms with E-state index in [2.05, 4.69) is 10.3 Å². The number of hydrogen-bond donors (Lipinski definition) is 6. The first-order chi connectivity index (χ1) is 28.7. The van der Waals surface area contributed by atoms with Gasteiger partial charge in [0.1, 0.15) is 22.0 Å². The Morgan fingerprint density at radius 1 is 0.754 bits per heavy atom. The van der Waals surface area contributed by atoms with Crippen LogP contribution in [0.3, 0.4) is 0 Å². The molecule has 1 aliphatic carbocycles. The summed E-state index contributed by atoms with van der Waals surface area (Å²) in [4.78, 5) is 29.7. The maximum atomic E-state index is 14.0. The molecule has 4 aromatic rings. The van der Waals surface area contributed by atoms with Crippen molar-refractivity contribution in [3.63, 3.8) is 0 Å². The number of carboxylic acids is 1. The average Bonchev–Trinajstić information content (AvgIpc) is 3.19. The van der Waals surface area contributed by atoms with E-state index in [1.165, 1.54) is 78.7 Å². The molecule has 1 aliphatic heterocycles. The Hall–Kier alpha value is -6.16. The van der Waals surface area contributed by atoms with Gasteiger partial charge in [-0.25, -0.2) is 0 Å². The number of nitrogens with zero attached hydrogens (tertiary/aromatic N) is 2. The number of fused-ring (bicyclic) bond motifs is 2. The van der Waals surface area contributed by atoms with Gasteiger partial charge in [-0.3, -0.25) is 28.2 Å². The van der Waals surface area contributed by atoms with Crippen molar-refractivity contribution in [1.82, 2.24) is 4.90 Å². The Morgan fingerprint density at radius 2 is 1.36 bits per heavy atom. The third-order valence-electron chi connectivity index (χ3n) is 9.71. The topological polar surface area (TPSA) is 278 Å². The lowest BCUT2D eigenvalue weighted by molar-refractivity contribution is -0.137. The molecule has 0 saturated heterocycles. The largest absolute Gasteiger partial charge is 0.506 e. The highest BCUT2D eigenvalue weighted by molar-refractivity contribution is 7.86. The van der Waals surface area contributed by atoms with Crippen LogP contribution in [-0.2, 0) is 48.0 Å². The second kappa shape index (κ2) is 17.8. The Labute approximate surface area is 350 Å². The third kappa shape index (κ3) is 10.6. The maximum absolute atomic E-state index is 14.0. The Kier molecular flexibility index (Phi) is 13.0. The molecule has 1 amide bonds. The van der Waals surface area contributed by atoms with E-state index in [1.807, 2.05) is 0 Å². The number of anilines is 1. The van der Waals surface area contributed by atoms with Gasteiger partial charge in [-0.15, -0.1) is 0 Å². The first kappa shape index (κ1) is 44.4. The van der Waals surface area contributed by atoms with E-state index >= 15 is 0 Å². The van der Waals surface area contributed by atoms with Gasteiger partial charge in [-0.05, 0) is 78.4 Å². The molecule has 2 aliphatic rings. The lowest BCUT2D eigenvalue weighted by Gasteiger charge is -2.22. The van der Waals surface area contributed by atoms with Crippen LogP contribution in [0.15, 0.2) is 121 Å². The number of phenols is 1. The van der Waals surface area contributed by atoms with Gasteiger partial charge >= 0.3 is 5.97 Å². The van der Waals surface area contributed by atoms with Crippen LogP contribution in [0.2, 0.25) is 0 Å². The molecule has 320 valence electrons. The minimum Gasteiger partial charge on any atom is -0.506 e. The van der Waals surface area contributed by atoms with E-state index in [9.17, 15) is 53.6 Å². The van der Waals surface area contributed by atoms with Crippen molar-refractivity contribution < 1.29 is 63.1 Å². The summed E-state index contributed by atoms with van der Waals surface area (Å²) in [6, 6.07) is 22.7. The van der Waals surface area contributed by atoms with E-state index in [0.29, 0.717) is 17.5 Å². The van der Waals surface area contributed by atoms with Gasteiger partial charge in [0.25, 0.3) is 36.3 Å². The van der Waals surface area contributed by atoms with E-state index in [4.69, 9.17) is 9.52 Å². The number of carbonyl (C=O) groups is 2. The van der Waals surface area contributed by atoms with Crippen LogP contribution in [0, 0.1) is 0 Å². The number of hydrogen-bond acceptors (Lipinski definition) is 12. The van der Waals surface area contributed by atoms with Crippen LogP contribution < -0.4 is 10.7 Å². The third-order valence-corrected chi connectivity index (χ3v) is 12.3. The molecule has 1 heterocycles. The molecule has 0 atom stereocenters. The van der Waals surface area contributed by atoms with Gasteiger partial charge in [0.2, 0.25) is 0 Å². The number of aliphatic carboxylic acids is 1. The van der Waals surface area contributed by atoms with Crippen LogP contribution >= 0.6 is 0 Å². The van der Waals surface area contributed by atoms with Crippen molar-refractivity contribution >= 4 is 58.9 Å². The van der Waals surface area contributed by atoms with Crippen molar-refractivity contribution in [3.8, 4) is 28.2 Å². The second-order valence-corrected chi connectivity index (χ2v) is 18.2. The number of aromatic hydroxyl groups is 1. The average molecular weight is 894 g/mol. The SMILES string of the molecule is CN(CCCC(=O)O)C(=O)c1ccccc1-c1c2cc(S(=O)(=O)O)c(=NCCc3ccc(S(=O)(=O)O)cc3)cc-2oc2cc(NCCc3ccc(S(=O)(=O)O)cc3)c(O)cc12. The maximum Gasteiger partial charge on any atom is 0.303 e. The van der Waals surface area contributed by atoms with Crippen molar-refractivity contribution in [1.29, 1.82) is 0 Å². The molecule has 6 rings (SSSR count). The molecule has 0 spiro atoms. The smallest absolute Gasteiger partial charge is 0.303 e. The molecule has 61 heavy (non-hydrogen) atoms. The van der Waals surface area contributed by atoms with E-state index in [0.717, 1.165) is 6.07 Å². The van der Waals surface area contributed by atoms with Crippen LogP contribution in [0.4, 0.5) is 5.69 Å². The summed E-state index contributed by atoms with van der Waals surface area (Å²) in [5.74, 6) is -1.70. The highest BCUT2D eigenvalue weighted by Crippen LogP contribution is 2.44. The lowest BCUT2D eigenvalue weighted by Crippen LogP contribution is -2.28. The highest BCUT2D eigenvalue weighted by atomic mass is 32.2. The van der Waals surface area contributed by atoms with Gasteiger partial charge in [-0.1, -0.05) is 42.5 Å². The van der Waals surface area contributed by atoms with Gasteiger partial charge in [-0.2, -0.15) is 25.3 Å². The zero-order valence-electron chi connectivity index (χ0n) is 32.2. The second-order valence-electron chi connectivity index (χ2n) is 13.9. The predicted octanol–water partition coefficient (Wildman–Crippen LogP) is 5.39. The van der Waals surface area contributed by atoms with Crippen LogP contribution in [0.1, 0.15) is 34.3 Å². The molecular formula is C41H39N3O14S3. The summed E-state index contributed by atoms with van der Waals surface area (Å²) in [5, 5.41) is 23.6. The molecule has 6 N–H and O–H groups in total. The van der Waals surface area contributed by atoms with Crippen molar-refractivity contribution in [2.45, 2.75) is 40.4 Å². The summed E-state index contributed by atoms with van der Waals surface area (Å²) in [5.41, 5.74) is 2.51. The number of phenolic OH excluding ortho intramolecular Hbond substituents is 1. The molecule has 0 aromatic heterocycles. The molecule has 17 nitrogen and oxygen atoms in total. The van der Waals surface area contributed by atoms with Gasteiger partial charge in [0, 0.05) is 67.3 Å². The molecule has 0 saturated carbocycles. The molecule has 0 bridgehead atoms. The Balaban J connectivity index is 1.48. The van der Waals surface area contributed by atoms with Gasteiger partial charge < -0.3 is 24.8 Å². The lowest BCUT2D eigenvalue weighted by atomic mass is 9.90. The fourth-order valence-electron chi connectivity index (χ4n) is 6.67. The van der Waals surface area contributed by atoms with Crippen molar-refractivity contribution in [2.24, 2.45) is 4.99 Å². The summed E-state index contributed by atoms with van der Waals surface area (Å²) < 4.78 is 107. The molecule has 0 unspecified atom stereocenters. The van der Waals surface area contributed by atoms with Gasteiger partial charge in [0.05, 0.1) is 20.8 Å². The van der Waals surface area contributed by atoms with E-state index in [-0.39, 0.29) is 104 Å². The predicted molar refractivity (Wildman–Crippen MR) is 222 cm³/mol. The van der Waals surface area contributed by atoms with E-state index < -0.39 is 47.1 Å². The highest BCUT2D eigenvalue weighted by Gasteiger charge is 2.27. The zero-order chi connectivity index (χ0) is 44.3. The summed E-state index contributed by atoms with van der Waals surface area (Å²) in [7, 11) is -12.2. The summed E-state index contributed by atoms with van der Waals surface area (Å²) in [6.07, 6.45) is 0.572. The standard InChI is InChI=1S/C41H39N3O14S3/c1-44(20-4-7-39(46)47)41(48)30-6-3-2-5-29(30)40-31-21-35(45)33(42-18-16-25-8-12-27(13-9-25)59(49,50)51)23-36(31)58-37-24-34(38(22-32(37)40)61(55,56)57)43-19-17-26-10-14-28(15-11-26)60(52,53)54/h2-3,5-6,8-15,21-24,42,45H,4,7,16-20H2,1H3,(H,46,47)(H,49,50,51)(H,52,53,54)(H,55,56,57). The zero-order valence-corrected chi connectivity index (χ0v) is 34.7. The molecule has 0 radical (unpaired) electrons. The van der Waals surface area contributed by atoms with E-state index in [1.54, 1.807) is 24.3 Å². The minimum atomic E-state index is -4.96. The molecular weight excluding hydrogens is 855 g/mol. The Bertz CT molecular complexity index is 3020. The first-order valence-corrected chi connectivity index (χ1v) is 22.7. The first-order valence-electron chi connectivity index (χ1n) is 18.4. The number of rotatable bonds is 16. The fraction of sp³-hybridized carbons (Fsp3) is 0.195. The number of carboxylic acid groups (broad SMARTS) is 1. The molecule has 0 fully saturated rings. The monoisotopic (exact) mass is 893 g/mol. The fourth-order valence-corrected chi connectivity index (χ4v) is 8.28.